The molecule has 0 aliphatic heterocycles. The van der Waals surface area contributed by atoms with Crippen LogP contribution in [-0.2, 0) is 9.59 Å². The smallest absolute Gasteiger partial charge is 0.426 e. The van der Waals surface area contributed by atoms with Gasteiger partial charge in [-0.25, -0.2) is 0 Å². The van der Waals surface area contributed by atoms with Crippen molar-refractivity contribution in [3.63, 3.8) is 0 Å². The third kappa shape index (κ3) is 5.51. The van der Waals surface area contributed by atoms with Crippen molar-refractivity contribution in [3.05, 3.63) is 0 Å². The van der Waals surface area contributed by atoms with Crippen LogP contribution in [0.3, 0.4) is 0 Å². The SMILES string of the molecule is CC(C)C[C@H](NC(=O)CNC(=O)C1CC1)B(O)O. The van der Waals surface area contributed by atoms with Crippen LogP contribution in [0.15, 0.2) is 0 Å². The summed E-state index contributed by atoms with van der Waals surface area (Å²) in [6.45, 7) is 3.74. The molecule has 0 aromatic heterocycles. The van der Waals surface area contributed by atoms with Gasteiger partial charge in [0.2, 0.25) is 11.8 Å². The molecule has 1 saturated carbocycles. The first-order valence-corrected chi connectivity index (χ1v) is 6.33. The largest absolute Gasteiger partial charge is 0.475 e. The number of carbonyl (C=O) groups is 2. The quantitative estimate of drug-likeness (QED) is 0.441. The Bertz CT molecular complexity index is 305. The third-order valence-corrected chi connectivity index (χ3v) is 2.80. The molecule has 1 rings (SSSR count). The number of rotatable bonds is 7. The fraction of sp³-hybridized carbons (Fsp3) is 0.818. The Kier molecular flexibility index (Phi) is 5.62. The van der Waals surface area contributed by atoms with Crippen LogP contribution < -0.4 is 10.6 Å². The molecule has 0 aromatic carbocycles. The average molecular weight is 256 g/mol. The monoisotopic (exact) mass is 256 g/mol. The first-order valence-electron chi connectivity index (χ1n) is 6.33. The minimum absolute atomic E-state index is 0.0627. The highest BCUT2D eigenvalue weighted by molar-refractivity contribution is 6.43. The van der Waals surface area contributed by atoms with E-state index in [1.807, 2.05) is 13.8 Å². The molecule has 0 unspecified atom stereocenters. The molecule has 0 aromatic rings. The van der Waals surface area contributed by atoms with Gasteiger partial charge in [0.1, 0.15) is 0 Å². The van der Waals surface area contributed by atoms with E-state index in [0.717, 1.165) is 12.8 Å². The second-order valence-corrected chi connectivity index (χ2v) is 5.21. The lowest BCUT2D eigenvalue weighted by Gasteiger charge is -2.19. The van der Waals surface area contributed by atoms with Crippen molar-refractivity contribution >= 4 is 18.9 Å². The van der Waals surface area contributed by atoms with Gasteiger partial charge in [0.25, 0.3) is 0 Å². The first kappa shape index (κ1) is 15.0. The second-order valence-electron chi connectivity index (χ2n) is 5.21. The van der Waals surface area contributed by atoms with E-state index in [2.05, 4.69) is 10.6 Å². The van der Waals surface area contributed by atoms with Gasteiger partial charge in [0, 0.05) is 5.92 Å². The Morgan fingerprint density at radius 3 is 2.39 bits per heavy atom. The topological polar surface area (TPSA) is 98.7 Å². The molecule has 0 heterocycles. The summed E-state index contributed by atoms with van der Waals surface area (Å²) in [6, 6.07) is 0. The highest BCUT2D eigenvalue weighted by Crippen LogP contribution is 2.28. The van der Waals surface area contributed by atoms with Crippen molar-refractivity contribution in [2.75, 3.05) is 6.54 Å². The Morgan fingerprint density at radius 2 is 1.94 bits per heavy atom. The number of hydrogen-bond acceptors (Lipinski definition) is 4. The third-order valence-electron chi connectivity index (χ3n) is 2.80. The maximum atomic E-state index is 11.5. The van der Waals surface area contributed by atoms with Crippen molar-refractivity contribution in [2.45, 2.75) is 39.1 Å². The summed E-state index contributed by atoms with van der Waals surface area (Å²) >= 11 is 0. The summed E-state index contributed by atoms with van der Waals surface area (Å²) < 4.78 is 0. The van der Waals surface area contributed by atoms with E-state index in [1.54, 1.807) is 0 Å². The van der Waals surface area contributed by atoms with Crippen molar-refractivity contribution < 1.29 is 19.6 Å². The van der Waals surface area contributed by atoms with Crippen LogP contribution in [0.25, 0.3) is 0 Å². The molecule has 2 amide bonds. The highest BCUT2D eigenvalue weighted by Gasteiger charge is 2.30. The molecule has 102 valence electrons. The highest BCUT2D eigenvalue weighted by atomic mass is 16.4. The zero-order chi connectivity index (χ0) is 13.7. The standard InChI is InChI=1S/C11H21BN2O4/c1-7(2)5-9(12(17)18)14-10(15)6-13-11(16)8-3-4-8/h7-9,17-18H,3-6H2,1-2H3,(H,13,16)(H,14,15)/t9-/m0/s1. The van der Waals surface area contributed by atoms with Gasteiger partial charge in [-0.15, -0.1) is 0 Å². The van der Waals surface area contributed by atoms with E-state index in [9.17, 15) is 9.59 Å². The van der Waals surface area contributed by atoms with Crippen LogP contribution in [0.2, 0.25) is 0 Å². The van der Waals surface area contributed by atoms with Crippen LogP contribution in [0.4, 0.5) is 0 Å². The summed E-state index contributed by atoms with van der Waals surface area (Å²) in [5, 5.41) is 23.3. The van der Waals surface area contributed by atoms with E-state index in [-0.39, 0.29) is 24.3 Å². The molecule has 0 saturated heterocycles. The van der Waals surface area contributed by atoms with Crippen molar-refractivity contribution in [3.8, 4) is 0 Å². The van der Waals surface area contributed by atoms with Gasteiger partial charge in [0.15, 0.2) is 0 Å². The van der Waals surface area contributed by atoms with Crippen molar-refractivity contribution in [1.29, 1.82) is 0 Å². The van der Waals surface area contributed by atoms with Gasteiger partial charge in [0.05, 0.1) is 12.5 Å². The predicted molar refractivity (Wildman–Crippen MR) is 67.3 cm³/mol. The number of hydrogen-bond donors (Lipinski definition) is 4. The predicted octanol–water partition coefficient (Wildman–Crippen LogP) is -0.944. The van der Waals surface area contributed by atoms with Crippen LogP contribution >= 0.6 is 0 Å². The molecular formula is C11H21BN2O4. The second kappa shape index (κ2) is 6.75. The Balaban J connectivity index is 2.28. The summed E-state index contributed by atoms with van der Waals surface area (Å²) in [7, 11) is -1.59. The molecule has 7 heteroatoms. The Labute approximate surface area is 107 Å². The van der Waals surface area contributed by atoms with E-state index in [1.165, 1.54) is 0 Å². The number of carbonyl (C=O) groups excluding carboxylic acids is 2. The van der Waals surface area contributed by atoms with E-state index in [0.29, 0.717) is 6.42 Å². The lowest BCUT2D eigenvalue weighted by atomic mass is 9.75. The van der Waals surface area contributed by atoms with Crippen molar-refractivity contribution in [1.82, 2.24) is 10.6 Å². The van der Waals surface area contributed by atoms with Gasteiger partial charge in [-0.3, -0.25) is 9.59 Å². The van der Waals surface area contributed by atoms with Gasteiger partial charge in [-0.05, 0) is 25.2 Å². The lowest BCUT2D eigenvalue weighted by Crippen LogP contribution is -2.50. The van der Waals surface area contributed by atoms with Crippen LogP contribution in [0.1, 0.15) is 33.1 Å². The van der Waals surface area contributed by atoms with Crippen LogP contribution in [0.5, 0.6) is 0 Å². The molecule has 0 spiro atoms. The average Bonchev–Trinajstić information content (AvgIpc) is 3.07. The number of nitrogens with one attached hydrogen (secondary N) is 2. The molecule has 6 nitrogen and oxygen atoms in total. The fourth-order valence-electron chi connectivity index (χ4n) is 1.68. The Morgan fingerprint density at radius 1 is 1.33 bits per heavy atom. The van der Waals surface area contributed by atoms with Gasteiger partial charge in [-0.2, -0.15) is 0 Å². The fourth-order valence-corrected chi connectivity index (χ4v) is 1.68. The van der Waals surface area contributed by atoms with Gasteiger partial charge in [-0.1, -0.05) is 13.8 Å². The summed E-state index contributed by atoms with van der Waals surface area (Å²) in [6.07, 6.45) is 2.25. The Hall–Kier alpha value is -1.08. The molecule has 0 radical (unpaired) electrons. The molecule has 4 N–H and O–H groups in total. The van der Waals surface area contributed by atoms with E-state index < -0.39 is 19.0 Å². The minimum atomic E-state index is -1.59. The zero-order valence-corrected chi connectivity index (χ0v) is 10.8. The maximum absolute atomic E-state index is 11.5. The molecule has 18 heavy (non-hydrogen) atoms. The summed E-state index contributed by atoms with van der Waals surface area (Å²) in [5.41, 5.74) is 0. The van der Waals surface area contributed by atoms with Crippen LogP contribution in [-0.4, -0.2) is 41.5 Å². The normalized spacial score (nSPS) is 16.3. The van der Waals surface area contributed by atoms with Gasteiger partial charge < -0.3 is 20.7 Å². The number of amides is 2. The maximum Gasteiger partial charge on any atom is 0.475 e. The summed E-state index contributed by atoms with van der Waals surface area (Å²) in [4.78, 5) is 22.9. The molecule has 1 aliphatic rings. The van der Waals surface area contributed by atoms with E-state index >= 15 is 0 Å². The zero-order valence-electron chi connectivity index (χ0n) is 10.8. The van der Waals surface area contributed by atoms with Crippen LogP contribution in [0, 0.1) is 11.8 Å². The van der Waals surface area contributed by atoms with Gasteiger partial charge >= 0.3 is 7.12 Å². The molecule has 0 bridgehead atoms. The minimum Gasteiger partial charge on any atom is -0.426 e. The first-order chi connectivity index (χ1) is 8.40. The van der Waals surface area contributed by atoms with Crippen molar-refractivity contribution in [2.24, 2.45) is 11.8 Å². The molecule has 1 aliphatic carbocycles. The molecular weight excluding hydrogens is 235 g/mol. The molecule has 1 fully saturated rings. The molecule has 1 atom stereocenters. The van der Waals surface area contributed by atoms with E-state index in [4.69, 9.17) is 10.0 Å². The lowest BCUT2D eigenvalue weighted by molar-refractivity contribution is -0.127. The summed E-state index contributed by atoms with van der Waals surface area (Å²) in [5.74, 6) is -0.904.